The van der Waals surface area contributed by atoms with Gasteiger partial charge in [-0.1, -0.05) is 39.5 Å². The van der Waals surface area contributed by atoms with Crippen molar-refractivity contribution in [3.63, 3.8) is 0 Å². The van der Waals surface area contributed by atoms with E-state index in [0.29, 0.717) is 5.02 Å². The number of halogens is 3. The second kappa shape index (κ2) is 5.16. The minimum Gasteiger partial charge on any atom is -0.358 e. The monoisotopic (exact) mass is 319 g/mol. The van der Waals surface area contributed by atoms with E-state index in [4.69, 9.17) is 34.8 Å². The molecule has 2 aromatic rings. The molecule has 0 amide bonds. The quantitative estimate of drug-likeness (QED) is 0.629. The fourth-order valence-corrected chi connectivity index (χ4v) is 1.82. The van der Waals surface area contributed by atoms with E-state index in [-0.39, 0.29) is 5.69 Å². The van der Waals surface area contributed by atoms with Gasteiger partial charge in [-0.25, -0.2) is 0 Å². The van der Waals surface area contributed by atoms with Gasteiger partial charge in [-0.3, -0.25) is 4.79 Å². The first-order chi connectivity index (χ1) is 8.91. The molecule has 6 nitrogen and oxygen atoms in total. The highest BCUT2D eigenvalue weighted by Gasteiger charge is 2.24. The molecular weight excluding hydrogens is 316 g/mol. The molecule has 0 radical (unpaired) electrons. The number of hydrogen-bond donors (Lipinski definition) is 0. The normalized spacial score (nSPS) is 10.5. The SMILES string of the molecule is O=c1c(Cl)c(Cl)c([N+](=O)[O-])nn1-c1ccc(Cl)cc1. The molecule has 0 saturated heterocycles. The van der Waals surface area contributed by atoms with E-state index in [1.165, 1.54) is 24.3 Å². The van der Waals surface area contributed by atoms with Gasteiger partial charge < -0.3 is 10.1 Å². The molecule has 0 aliphatic carbocycles. The Kier molecular flexibility index (Phi) is 3.75. The maximum atomic E-state index is 11.9. The first kappa shape index (κ1) is 13.8. The molecule has 19 heavy (non-hydrogen) atoms. The molecular formula is C10H4Cl3N3O3. The number of nitrogens with zero attached hydrogens (tertiary/aromatic N) is 3. The zero-order valence-corrected chi connectivity index (χ0v) is 11.3. The molecule has 0 saturated carbocycles. The van der Waals surface area contributed by atoms with Crippen molar-refractivity contribution in [1.82, 2.24) is 9.78 Å². The molecule has 0 N–H and O–H groups in total. The van der Waals surface area contributed by atoms with Crippen LogP contribution in [0, 0.1) is 10.1 Å². The van der Waals surface area contributed by atoms with E-state index in [1.807, 2.05) is 0 Å². The van der Waals surface area contributed by atoms with Crippen LogP contribution in [-0.2, 0) is 0 Å². The second-order valence-corrected chi connectivity index (χ2v) is 4.59. The highest BCUT2D eigenvalue weighted by molar-refractivity contribution is 6.43. The van der Waals surface area contributed by atoms with Gasteiger partial charge >= 0.3 is 11.4 Å². The Labute approximate surface area is 121 Å². The minimum absolute atomic E-state index is 0.288. The van der Waals surface area contributed by atoms with E-state index < -0.39 is 26.3 Å². The van der Waals surface area contributed by atoms with Crippen LogP contribution in [0.3, 0.4) is 0 Å². The lowest BCUT2D eigenvalue weighted by molar-refractivity contribution is -0.390. The van der Waals surface area contributed by atoms with Crippen molar-refractivity contribution >= 4 is 40.6 Å². The Morgan fingerprint density at radius 3 is 2.21 bits per heavy atom. The van der Waals surface area contributed by atoms with Crippen molar-refractivity contribution in [3.8, 4) is 5.69 Å². The van der Waals surface area contributed by atoms with Crippen LogP contribution in [0.15, 0.2) is 29.1 Å². The Morgan fingerprint density at radius 2 is 1.68 bits per heavy atom. The lowest BCUT2D eigenvalue weighted by Gasteiger charge is -2.03. The number of rotatable bonds is 2. The van der Waals surface area contributed by atoms with Gasteiger partial charge in [0.15, 0.2) is 5.02 Å². The maximum Gasteiger partial charge on any atom is 0.409 e. The van der Waals surface area contributed by atoms with Gasteiger partial charge in [0.2, 0.25) is 0 Å². The predicted molar refractivity (Wildman–Crippen MR) is 71.5 cm³/mol. The molecule has 1 heterocycles. The Bertz CT molecular complexity index is 712. The predicted octanol–water partition coefficient (Wildman–Crippen LogP) is 3.10. The molecule has 1 aromatic carbocycles. The summed E-state index contributed by atoms with van der Waals surface area (Å²) in [5, 5.41) is 13.9. The Morgan fingerprint density at radius 1 is 1.11 bits per heavy atom. The van der Waals surface area contributed by atoms with Gasteiger partial charge in [0.1, 0.15) is 5.02 Å². The van der Waals surface area contributed by atoms with Gasteiger partial charge in [0.05, 0.1) is 10.8 Å². The smallest absolute Gasteiger partial charge is 0.358 e. The molecule has 0 unspecified atom stereocenters. The second-order valence-electron chi connectivity index (χ2n) is 3.40. The highest BCUT2D eigenvalue weighted by Crippen LogP contribution is 2.27. The molecule has 0 spiro atoms. The van der Waals surface area contributed by atoms with Crippen molar-refractivity contribution in [2.24, 2.45) is 0 Å². The van der Waals surface area contributed by atoms with Crippen molar-refractivity contribution < 1.29 is 4.92 Å². The van der Waals surface area contributed by atoms with Crippen LogP contribution in [0.1, 0.15) is 0 Å². The zero-order valence-electron chi connectivity index (χ0n) is 9.01. The first-order valence-corrected chi connectivity index (χ1v) is 5.94. The van der Waals surface area contributed by atoms with Gasteiger partial charge in [-0.15, -0.1) is 0 Å². The summed E-state index contributed by atoms with van der Waals surface area (Å²) >= 11 is 17.0. The molecule has 0 aliphatic rings. The summed E-state index contributed by atoms with van der Waals surface area (Å²) in [6, 6.07) is 5.98. The van der Waals surface area contributed by atoms with Gasteiger partial charge in [0.25, 0.3) is 0 Å². The van der Waals surface area contributed by atoms with E-state index in [1.54, 1.807) is 0 Å². The fraction of sp³-hybridized carbons (Fsp3) is 0. The van der Waals surface area contributed by atoms with Crippen molar-refractivity contribution in [2.75, 3.05) is 0 Å². The molecule has 2 rings (SSSR count). The largest absolute Gasteiger partial charge is 0.409 e. The molecule has 9 heteroatoms. The Hall–Kier alpha value is -1.63. The summed E-state index contributed by atoms with van der Waals surface area (Å²) in [6.45, 7) is 0. The van der Waals surface area contributed by atoms with Crippen molar-refractivity contribution in [2.45, 2.75) is 0 Å². The summed E-state index contributed by atoms with van der Waals surface area (Å²) in [5.74, 6) is -0.693. The van der Waals surface area contributed by atoms with Crippen LogP contribution in [0.4, 0.5) is 5.82 Å². The number of hydrogen-bond acceptors (Lipinski definition) is 4. The van der Waals surface area contributed by atoms with Crippen LogP contribution >= 0.6 is 34.8 Å². The average Bonchev–Trinajstić information content (AvgIpc) is 2.37. The van der Waals surface area contributed by atoms with Gasteiger partial charge in [-0.2, -0.15) is 0 Å². The standard InChI is InChI=1S/C10H4Cl3N3O3/c11-5-1-3-6(4-2-5)15-10(17)8(13)7(12)9(14-15)16(18)19/h1-4H. The average molecular weight is 321 g/mol. The van der Waals surface area contributed by atoms with Crippen molar-refractivity contribution in [1.29, 1.82) is 0 Å². The summed E-state index contributed by atoms with van der Waals surface area (Å²) in [5.41, 5.74) is -0.462. The van der Waals surface area contributed by atoms with Gasteiger partial charge in [0, 0.05) is 5.02 Å². The summed E-state index contributed by atoms with van der Waals surface area (Å²) in [7, 11) is 0. The van der Waals surface area contributed by atoms with Crippen molar-refractivity contribution in [3.05, 3.63) is 59.8 Å². The van der Waals surface area contributed by atoms with E-state index in [2.05, 4.69) is 5.10 Å². The molecule has 98 valence electrons. The first-order valence-electron chi connectivity index (χ1n) is 4.80. The number of benzene rings is 1. The molecule has 0 fully saturated rings. The highest BCUT2D eigenvalue weighted by atomic mass is 35.5. The zero-order chi connectivity index (χ0) is 14.2. The van der Waals surface area contributed by atoms with Crippen LogP contribution in [0.5, 0.6) is 0 Å². The molecule has 0 bridgehead atoms. The summed E-state index contributed by atoms with van der Waals surface area (Å²) in [6.07, 6.45) is 0. The van der Waals surface area contributed by atoms with E-state index in [9.17, 15) is 14.9 Å². The van der Waals surface area contributed by atoms with Crippen LogP contribution in [0.2, 0.25) is 15.1 Å². The third-order valence-electron chi connectivity index (χ3n) is 2.21. The lowest BCUT2D eigenvalue weighted by Crippen LogP contribution is -2.23. The van der Waals surface area contributed by atoms with Crippen LogP contribution in [-0.4, -0.2) is 14.7 Å². The molecule has 0 aliphatic heterocycles. The lowest BCUT2D eigenvalue weighted by atomic mass is 10.3. The summed E-state index contributed by atoms with van der Waals surface area (Å²) < 4.78 is 0.794. The third kappa shape index (κ3) is 2.56. The van der Waals surface area contributed by atoms with Crippen LogP contribution < -0.4 is 5.56 Å². The fourth-order valence-electron chi connectivity index (χ4n) is 1.34. The van der Waals surface area contributed by atoms with Gasteiger partial charge in [-0.05, 0) is 29.2 Å². The molecule has 0 atom stereocenters. The van der Waals surface area contributed by atoms with Crippen LogP contribution in [0.25, 0.3) is 5.69 Å². The Balaban J connectivity index is 2.74. The summed E-state index contributed by atoms with van der Waals surface area (Å²) in [4.78, 5) is 21.8. The van der Waals surface area contributed by atoms with E-state index >= 15 is 0 Å². The van der Waals surface area contributed by atoms with E-state index in [0.717, 1.165) is 4.68 Å². The minimum atomic E-state index is -0.819. The topological polar surface area (TPSA) is 78.0 Å². The third-order valence-corrected chi connectivity index (χ3v) is 3.27. The number of nitro groups is 1. The maximum absolute atomic E-state index is 11.9. The number of aromatic nitrogens is 2. The molecule has 1 aromatic heterocycles.